The van der Waals surface area contributed by atoms with Crippen molar-refractivity contribution in [3.63, 3.8) is 0 Å². The normalized spacial score (nSPS) is 10.4. The quantitative estimate of drug-likeness (QED) is 0.685. The number of anilines is 1. The van der Waals surface area contributed by atoms with Crippen molar-refractivity contribution >= 4 is 11.6 Å². The first-order chi connectivity index (χ1) is 12.6. The van der Waals surface area contributed by atoms with Gasteiger partial charge < -0.3 is 10.6 Å². The van der Waals surface area contributed by atoms with Crippen LogP contribution in [0.3, 0.4) is 0 Å². The van der Waals surface area contributed by atoms with E-state index in [1.807, 2.05) is 6.07 Å². The van der Waals surface area contributed by atoms with Gasteiger partial charge in [0.1, 0.15) is 11.6 Å². The fourth-order valence-electron chi connectivity index (χ4n) is 2.51. The monoisotopic (exact) mass is 352 g/mol. The second-order valence-electron chi connectivity index (χ2n) is 5.83. The summed E-state index contributed by atoms with van der Waals surface area (Å²) < 4.78 is 26.7. The highest BCUT2D eigenvalue weighted by Crippen LogP contribution is 2.13. The van der Waals surface area contributed by atoms with Gasteiger partial charge in [-0.1, -0.05) is 30.3 Å². The Balaban J connectivity index is 1.55. The van der Waals surface area contributed by atoms with Crippen LogP contribution in [-0.4, -0.2) is 5.91 Å². The summed E-state index contributed by atoms with van der Waals surface area (Å²) >= 11 is 0. The van der Waals surface area contributed by atoms with E-state index >= 15 is 0 Å². The number of amides is 1. The highest BCUT2D eigenvalue weighted by molar-refractivity contribution is 5.94. The van der Waals surface area contributed by atoms with Gasteiger partial charge in [0.05, 0.1) is 0 Å². The molecule has 0 aliphatic carbocycles. The molecule has 0 bridgehead atoms. The maximum Gasteiger partial charge on any atom is 0.251 e. The van der Waals surface area contributed by atoms with E-state index in [-0.39, 0.29) is 24.1 Å². The fourth-order valence-corrected chi connectivity index (χ4v) is 2.51. The molecule has 0 atom stereocenters. The average molecular weight is 352 g/mol. The number of carbonyl (C=O) groups is 1. The van der Waals surface area contributed by atoms with E-state index in [4.69, 9.17) is 0 Å². The molecule has 2 N–H and O–H groups in total. The largest absolute Gasteiger partial charge is 0.381 e. The van der Waals surface area contributed by atoms with Gasteiger partial charge in [-0.3, -0.25) is 4.79 Å². The Hall–Kier alpha value is -3.21. The van der Waals surface area contributed by atoms with E-state index in [2.05, 4.69) is 10.6 Å². The highest BCUT2D eigenvalue weighted by atomic mass is 19.1. The first kappa shape index (κ1) is 17.6. The third-order valence-electron chi connectivity index (χ3n) is 3.93. The maximum atomic E-state index is 13.6. The molecule has 3 nitrogen and oxygen atoms in total. The van der Waals surface area contributed by atoms with Crippen LogP contribution in [-0.2, 0) is 13.1 Å². The Morgan fingerprint density at radius 3 is 2.35 bits per heavy atom. The van der Waals surface area contributed by atoms with Gasteiger partial charge in [-0.15, -0.1) is 0 Å². The van der Waals surface area contributed by atoms with Crippen LogP contribution in [0.25, 0.3) is 0 Å². The minimum Gasteiger partial charge on any atom is -0.381 e. The molecule has 3 rings (SSSR count). The molecule has 0 aromatic heterocycles. The van der Waals surface area contributed by atoms with Gasteiger partial charge >= 0.3 is 0 Å². The van der Waals surface area contributed by atoms with Crippen molar-refractivity contribution in [3.05, 3.63) is 101 Å². The molecule has 132 valence electrons. The topological polar surface area (TPSA) is 41.1 Å². The molecule has 1 amide bonds. The van der Waals surface area contributed by atoms with Gasteiger partial charge in [0.2, 0.25) is 0 Å². The summed E-state index contributed by atoms with van der Waals surface area (Å²) in [5.74, 6) is -0.888. The number of halogens is 2. The maximum absolute atomic E-state index is 13.6. The van der Waals surface area contributed by atoms with Crippen LogP contribution < -0.4 is 10.6 Å². The minimum atomic E-state index is -0.343. The zero-order chi connectivity index (χ0) is 18.4. The number of hydrogen-bond donors (Lipinski definition) is 2. The summed E-state index contributed by atoms with van der Waals surface area (Å²) in [5.41, 5.74) is 2.57. The van der Waals surface area contributed by atoms with Crippen molar-refractivity contribution in [2.75, 3.05) is 5.32 Å². The SMILES string of the molecule is O=C(NCc1ccccc1F)c1ccc(NCc2cccc(F)c2)cc1. The Labute approximate surface area is 150 Å². The molecule has 0 radical (unpaired) electrons. The highest BCUT2D eigenvalue weighted by Gasteiger charge is 2.07. The van der Waals surface area contributed by atoms with Crippen LogP contribution in [0.1, 0.15) is 21.5 Å². The van der Waals surface area contributed by atoms with E-state index in [0.29, 0.717) is 17.7 Å². The van der Waals surface area contributed by atoms with Gasteiger partial charge in [-0.25, -0.2) is 8.78 Å². The van der Waals surface area contributed by atoms with Crippen molar-refractivity contribution in [1.29, 1.82) is 0 Å². The first-order valence-electron chi connectivity index (χ1n) is 8.22. The van der Waals surface area contributed by atoms with Crippen LogP contribution >= 0.6 is 0 Å². The molecule has 0 fully saturated rings. The number of hydrogen-bond acceptors (Lipinski definition) is 2. The van der Waals surface area contributed by atoms with E-state index in [1.165, 1.54) is 18.2 Å². The molecular formula is C21H18F2N2O. The molecule has 0 aliphatic rings. The lowest BCUT2D eigenvalue weighted by atomic mass is 10.1. The van der Waals surface area contributed by atoms with Crippen LogP contribution in [0, 0.1) is 11.6 Å². The standard InChI is InChI=1S/C21H18F2N2O/c22-18-6-3-4-15(12-18)13-24-19-10-8-16(9-11-19)21(26)25-14-17-5-1-2-7-20(17)23/h1-12,24H,13-14H2,(H,25,26). The second-order valence-corrected chi connectivity index (χ2v) is 5.83. The predicted molar refractivity (Wildman–Crippen MR) is 97.7 cm³/mol. The van der Waals surface area contributed by atoms with Crippen LogP contribution in [0.5, 0.6) is 0 Å². The molecule has 26 heavy (non-hydrogen) atoms. The summed E-state index contributed by atoms with van der Waals surface area (Å²) in [5, 5.41) is 5.87. The van der Waals surface area contributed by atoms with Gasteiger partial charge in [0.15, 0.2) is 0 Å². The molecule has 0 heterocycles. The van der Waals surface area contributed by atoms with E-state index in [0.717, 1.165) is 11.3 Å². The van der Waals surface area contributed by atoms with Crippen molar-refractivity contribution in [3.8, 4) is 0 Å². The number of benzene rings is 3. The minimum absolute atomic E-state index is 0.130. The van der Waals surface area contributed by atoms with Gasteiger partial charge in [-0.05, 0) is 48.0 Å². The summed E-state index contributed by atoms with van der Waals surface area (Å²) in [6.07, 6.45) is 0. The number of rotatable bonds is 6. The summed E-state index contributed by atoms with van der Waals surface area (Å²) in [4.78, 5) is 12.2. The van der Waals surface area contributed by atoms with E-state index in [1.54, 1.807) is 48.5 Å². The molecule has 5 heteroatoms. The van der Waals surface area contributed by atoms with Crippen molar-refractivity contribution < 1.29 is 13.6 Å². The fraction of sp³-hybridized carbons (Fsp3) is 0.0952. The first-order valence-corrected chi connectivity index (χ1v) is 8.22. The Morgan fingerprint density at radius 1 is 0.846 bits per heavy atom. The van der Waals surface area contributed by atoms with E-state index < -0.39 is 0 Å². The molecule has 0 saturated carbocycles. The lowest BCUT2D eigenvalue weighted by Crippen LogP contribution is -2.23. The molecule has 3 aromatic rings. The molecule has 0 saturated heterocycles. The summed E-state index contributed by atoms with van der Waals surface area (Å²) in [7, 11) is 0. The third-order valence-corrected chi connectivity index (χ3v) is 3.93. The number of carbonyl (C=O) groups excluding carboxylic acids is 1. The van der Waals surface area contributed by atoms with Gasteiger partial charge in [0.25, 0.3) is 5.91 Å². The van der Waals surface area contributed by atoms with E-state index in [9.17, 15) is 13.6 Å². The van der Waals surface area contributed by atoms with Crippen molar-refractivity contribution in [2.24, 2.45) is 0 Å². The smallest absolute Gasteiger partial charge is 0.251 e. The second kappa shape index (κ2) is 8.25. The molecular weight excluding hydrogens is 334 g/mol. The van der Waals surface area contributed by atoms with Crippen molar-refractivity contribution in [2.45, 2.75) is 13.1 Å². The number of nitrogens with one attached hydrogen (secondary N) is 2. The lowest BCUT2D eigenvalue weighted by molar-refractivity contribution is 0.0950. The zero-order valence-corrected chi connectivity index (χ0v) is 14.0. The molecule has 0 spiro atoms. The van der Waals surface area contributed by atoms with Crippen LogP contribution in [0.2, 0.25) is 0 Å². The third kappa shape index (κ3) is 4.66. The average Bonchev–Trinajstić information content (AvgIpc) is 2.66. The molecule has 0 unspecified atom stereocenters. The molecule has 3 aromatic carbocycles. The van der Waals surface area contributed by atoms with Crippen LogP contribution in [0.4, 0.5) is 14.5 Å². The molecule has 0 aliphatic heterocycles. The summed E-state index contributed by atoms with van der Waals surface area (Å²) in [6, 6.07) is 19.6. The Morgan fingerprint density at radius 2 is 1.62 bits per heavy atom. The summed E-state index contributed by atoms with van der Waals surface area (Å²) in [6.45, 7) is 0.613. The Kier molecular flexibility index (Phi) is 5.59. The Bertz CT molecular complexity index is 895. The van der Waals surface area contributed by atoms with Gasteiger partial charge in [0, 0.05) is 29.9 Å². The van der Waals surface area contributed by atoms with Crippen LogP contribution in [0.15, 0.2) is 72.8 Å². The lowest BCUT2D eigenvalue weighted by Gasteiger charge is -2.09. The predicted octanol–water partition coefficient (Wildman–Crippen LogP) is 4.51. The zero-order valence-electron chi connectivity index (χ0n) is 14.0. The van der Waals surface area contributed by atoms with Gasteiger partial charge in [-0.2, -0.15) is 0 Å². The van der Waals surface area contributed by atoms with Crippen molar-refractivity contribution in [1.82, 2.24) is 5.32 Å².